The van der Waals surface area contributed by atoms with E-state index in [0.29, 0.717) is 11.0 Å². The molecule has 1 atom stereocenters. The van der Waals surface area contributed by atoms with Crippen LogP contribution in [-0.2, 0) is 6.54 Å². The van der Waals surface area contributed by atoms with Gasteiger partial charge in [0.2, 0.25) is 0 Å². The molecule has 1 nitrogen and oxygen atoms in total. The van der Waals surface area contributed by atoms with E-state index in [9.17, 15) is 4.39 Å². The van der Waals surface area contributed by atoms with E-state index in [-0.39, 0.29) is 11.9 Å². The molecule has 0 aliphatic rings. The Labute approximate surface area is 129 Å². The Morgan fingerprint density at radius 3 is 2.53 bits per heavy atom. The van der Waals surface area contributed by atoms with Crippen LogP contribution < -0.4 is 5.32 Å². The summed E-state index contributed by atoms with van der Waals surface area (Å²) in [6.45, 7) is 2.81. The van der Waals surface area contributed by atoms with E-state index in [1.165, 1.54) is 11.6 Å². The fraction of sp³-hybridized carbons (Fsp3) is 0.200. The highest BCUT2D eigenvalue weighted by atomic mass is 79.9. The summed E-state index contributed by atoms with van der Waals surface area (Å²) >= 11 is 6.75. The first-order valence-corrected chi connectivity index (χ1v) is 7.58. The van der Waals surface area contributed by atoms with Crippen molar-refractivity contribution < 1.29 is 4.39 Å². The van der Waals surface area contributed by atoms with E-state index in [2.05, 4.69) is 50.2 Å². The molecular weight excluding hydrogens is 373 g/mol. The van der Waals surface area contributed by atoms with Crippen LogP contribution in [0.15, 0.2) is 51.4 Å². The molecule has 0 radical (unpaired) electrons. The van der Waals surface area contributed by atoms with Crippen molar-refractivity contribution >= 4 is 31.9 Å². The minimum atomic E-state index is -0.234. The van der Waals surface area contributed by atoms with Gasteiger partial charge in [-0.15, -0.1) is 0 Å². The molecule has 0 spiro atoms. The third-order valence-corrected chi connectivity index (χ3v) is 4.30. The molecule has 0 amide bonds. The zero-order valence-corrected chi connectivity index (χ0v) is 13.6. The second-order valence-electron chi connectivity index (χ2n) is 4.37. The van der Waals surface area contributed by atoms with Gasteiger partial charge < -0.3 is 5.32 Å². The molecule has 0 saturated carbocycles. The standard InChI is InChI=1S/C15H14Br2FN/c1-10(12-4-2-3-5-13(12)16)19-9-11-6-7-15(18)14(17)8-11/h2-8,10,19H,9H2,1H3. The zero-order chi connectivity index (χ0) is 13.8. The predicted molar refractivity (Wildman–Crippen MR) is 83.5 cm³/mol. The first kappa shape index (κ1) is 14.7. The van der Waals surface area contributed by atoms with Gasteiger partial charge in [0.1, 0.15) is 5.82 Å². The molecular formula is C15H14Br2FN. The van der Waals surface area contributed by atoms with Crippen molar-refractivity contribution in [1.82, 2.24) is 5.32 Å². The quantitative estimate of drug-likeness (QED) is 0.761. The van der Waals surface area contributed by atoms with Gasteiger partial charge in [-0.25, -0.2) is 4.39 Å². The third-order valence-electron chi connectivity index (χ3n) is 2.97. The van der Waals surface area contributed by atoms with Crippen LogP contribution >= 0.6 is 31.9 Å². The summed E-state index contributed by atoms with van der Waals surface area (Å²) in [4.78, 5) is 0. The van der Waals surface area contributed by atoms with Gasteiger partial charge in [0.15, 0.2) is 0 Å². The molecule has 100 valence electrons. The van der Waals surface area contributed by atoms with Gasteiger partial charge in [0, 0.05) is 17.1 Å². The van der Waals surface area contributed by atoms with E-state index in [0.717, 1.165) is 10.0 Å². The average Bonchev–Trinajstić information content (AvgIpc) is 2.40. The molecule has 2 rings (SSSR count). The van der Waals surface area contributed by atoms with E-state index >= 15 is 0 Å². The summed E-state index contributed by atoms with van der Waals surface area (Å²) in [7, 11) is 0. The van der Waals surface area contributed by atoms with Crippen molar-refractivity contribution in [3.63, 3.8) is 0 Å². The van der Waals surface area contributed by atoms with Gasteiger partial charge in [-0.3, -0.25) is 0 Å². The number of hydrogen-bond donors (Lipinski definition) is 1. The maximum absolute atomic E-state index is 13.1. The predicted octanol–water partition coefficient (Wildman–Crippen LogP) is 5.20. The highest BCUT2D eigenvalue weighted by Crippen LogP contribution is 2.23. The van der Waals surface area contributed by atoms with Gasteiger partial charge >= 0.3 is 0 Å². The van der Waals surface area contributed by atoms with E-state index in [1.807, 2.05) is 18.2 Å². The monoisotopic (exact) mass is 385 g/mol. The van der Waals surface area contributed by atoms with Crippen LogP contribution in [-0.4, -0.2) is 0 Å². The molecule has 0 saturated heterocycles. The lowest BCUT2D eigenvalue weighted by Gasteiger charge is -2.16. The summed E-state index contributed by atoms with van der Waals surface area (Å²) in [6, 6.07) is 13.4. The van der Waals surface area contributed by atoms with Crippen molar-refractivity contribution in [3.8, 4) is 0 Å². The maximum atomic E-state index is 13.1. The topological polar surface area (TPSA) is 12.0 Å². The van der Waals surface area contributed by atoms with Gasteiger partial charge in [0.05, 0.1) is 4.47 Å². The summed E-state index contributed by atoms with van der Waals surface area (Å²) in [5.41, 5.74) is 2.26. The third kappa shape index (κ3) is 3.88. The van der Waals surface area contributed by atoms with Crippen molar-refractivity contribution in [2.75, 3.05) is 0 Å². The SMILES string of the molecule is CC(NCc1ccc(F)c(Br)c1)c1ccccc1Br. The smallest absolute Gasteiger partial charge is 0.137 e. The Balaban J connectivity index is 2.02. The Bertz CT molecular complexity index is 572. The van der Waals surface area contributed by atoms with Crippen molar-refractivity contribution in [3.05, 3.63) is 68.4 Å². The van der Waals surface area contributed by atoms with Crippen LogP contribution in [0.4, 0.5) is 4.39 Å². The second-order valence-corrected chi connectivity index (χ2v) is 6.08. The van der Waals surface area contributed by atoms with Crippen molar-refractivity contribution in [2.24, 2.45) is 0 Å². The highest BCUT2D eigenvalue weighted by molar-refractivity contribution is 9.10. The minimum absolute atomic E-state index is 0.222. The molecule has 19 heavy (non-hydrogen) atoms. The molecule has 0 aliphatic carbocycles. The molecule has 1 unspecified atom stereocenters. The van der Waals surface area contributed by atoms with Crippen LogP contribution in [0.5, 0.6) is 0 Å². The summed E-state index contributed by atoms with van der Waals surface area (Å²) in [5.74, 6) is -0.234. The molecule has 2 aromatic rings. The Morgan fingerprint density at radius 2 is 1.84 bits per heavy atom. The first-order valence-electron chi connectivity index (χ1n) is 5.99. The van der Waals surface area contributed by atoms with Crippen LogP contribution in [0.1, 0.15) is 24.1 Å². The van der Waals surface area contributed by atoms with Crippen LogP contribution in [0.25, 0.3) is 0 Å². The van der Waals surface area contributed by atoms with Crippen molar-refractivity contribution in [2.45, 2.75) is 19.5 Å². The Kier molecular flexibility index (Phi) is 5.13. The minimum Gasteiger partial charge on any atom is -0.306 e. The number of benzene rings is 2. The van der Waals surface area contributed by atoms with Gasteiger partial charge in [0.25, 0.3) is 0 Å². The van der Waals surface area contributed by atoms with Crippen molar-refractivity contribution in [1.29, 1.82) is 0 Å². The van der Waals surface area contributed by atoms with Crippen LogP contribution in [0.2, 0.25) is 0 Å². The lowest BCUT2D eigenvalue weighted by atomic mass is 10.1. The fourth-order valence-corrected chi connectivity index (χ4v) is 2.91. The normalized spacial score (nSPS) is 12.4. The second kappa shape index (κ2) is 6.64. The van der Waals surface area contributed by atoms with Gasteiger partial charge in [-0.05, 0) is 52.2 Å². The number of halogens is 3. The number of hydrogen-bond acceptors (Lipinski definition) is 1. The Morgan fingerprint density at radius 1 is 1.11 bits per heavy atom. The van der Waals surface area contributed by atoms with E-state index < -0.39 is 0 Å². The average molecular weight is 387 g/mol. The fourth-order valence-electron chi connectivity index (χ4n) is 1.86. The van der Waals surface area contributed by atoms with Crippen LogP contribution in [0.3, 0.4) is 0 Å². The lowest BCUT2D eigenvalue weighted by Crippen LogP contribution is -2.18. The molecule has 0 bridgehead atoms. The highest BCUT2D eigenvalue weighted by Gasteiger charge is 2.08. The Hall–Kier alpha value is -0.710. The van der Waals surface area contributed by atoms with E-state index in [1.54, 1.807) is 12.1 Å². The van der Waals surface area contributed by atoms with Gasteiger partial charge in [-0.1, -0.05) is 40.2 Å². The summed E-state index contributed by atoms with van der Waals surface area (Å²) in [6.07, 6.45) is 0. The molecule has 2 aromatic carbocycles. The maximum Gasteiger partial charge on any atom is 0.137 e. The first-order chi connectivity index (χ1) is 9.08. The molecule has 0 aliphatic heterocycles. The molecule has 0 fully saturated rings. The lowest BCUT2D eigenvalue weighted by molar-refractivity contribution is 0.570. The number of rotatable bonds is 4. The summed E-state index contributed by atoms with van der Waals surface area (Å²) < 4.78 is 14.7. The molecule has 0 aromatic heterocycles. The van der Waals surface area contributed by atoms with Gasteiger partial charge in [-0.2, -0.15) is 0 Å². The van der Waals surface area contributed by atoms with Crippen LogP contribution in [0, 0.1) is 5.82 Å². The van der Waals surface area contributed by atoms with E-state index in [4.69, 9.17) is 0 Å². The molecule has 4 heteroatoms. The molecule has 1 N–H and O–H groups in total. The summed E-state index contributed by atoms with van der Waals surface area (Å²) in [5, 5.41) is 3.43. The largest absolute Gasteiger partial charge is 0.306 e. The molecule has 0 heterocycles. The number of nitrogens with one attached hydrogen (secondary N) is 1. The zero-order valence-electron chi connectivity index (χ0n) is 10.5.